The predicted octanol–water partition coefficient (Wildman–Crippen LogP) is 3.13. The largest absolute Gasteiger partial charge is 0.466 e. The van der Waals surface area contributed by atoms with Gasteiger partial charge in [-0.05, 0) is 32.8 Å². The van der Waals surface area contributed by atoms with E-state index < -0.39 is 0 Å². The molecule has 0 spiro atoms. The molecule has 0 saturated heterocycles. The molecule has 0 bridgehead atoms. The maximum Gasteiger partial charge on any atom is 0.312 e. The first kappa shape index (κ1) is 20.4. The lowest BCUT2D eigenvalue weighted by molar-refractivity contribution is -0.145. The van der Waals surface area contributed by atoms with E-state index in [1.165, 1.54) is 6.92 Å². The van der Waals surface area contributed by atoms with E-state index in [1.54, 1.807) is 32.1 Å². The van der Waals surface area contributed by atoms with Crippen molar-refractivity contribution in [2.24, 2.45) is 5.92 Å². The molecule has 0 rings (SSSR count). The molecule has 1 atom stereocenters. The smallest absolute Gasteiger partial charge is 0.312 e. The summed E-state index contributed by atoms with van der Waals surface area (Å²) >= 11 is 0. The van der Waals surface area contributed by atoms with Gasteiger partial charge in [0, 0.05) is 20.0 Å². The number of hydrogen-bond acceptors (Lipinski definition) is 5. The van der Waals surface area contributed by atoms with Gasteiger partial charge < -0.3 is 14.6 Å². The van der Waals surface area contributed by atoms with Crippen LogP contribution in [-0.2, 0) is 19.1 Å². The maximum atomic E-state index is 11.5. The molecule has 0 radical (unpaired) electrons. The summed E-state index contributed by atoms with van der Waals surface area (Å²) in [6, 6.07) is 0. The standard InChI is InChI=1S/C17H28O5/c1-4-21-17(20)14(2)10-9-12-16(22-15(3)19)11-7-5-6-8-13-18/h9-10,12,14,18H,4-8,11,13H2,1-3H3/b10-9-,16-12+. The van der Waals surface area contributed by atoms with Crippen LogP contribution in [0, 0.1) is 5.92 Å². The third kappa shape index (κ3) is 11.1. The Bertz CT molecular complexity index is 385. The first-order valence-corrected chi connectivity index (χ1v) is 7.84. The van der Waals surface area contributed by atoms with Crippen LogP contribution in [-0.4, -0.2) is 30.3 Å². The lowest BCUT2D eigenvalue weighted by Crippen LogP contribution is -2.12. The number of rotatable bonds is 11. The highest BCUT2D eigenvalue weighted by Crippen LogP contribution is 2.12. The monoisotopic (exact) mass is 312 g/mol. The fraction of sp³-hybridized carbons (Fsp3) is 0.647. The Hall–Kier alpha value is -1.62. The van der Waals surface area contributed by atoms with E-state index in [9.17, 15) is 9.59 Å². The van der Waals surface area contributed by atoms with Crippen molar-refractivity contribution in [3.63, 3.8) is 0 Å². The minimum absolute atomic E-state index is 0.209. The second-order valence-electron chi connectivity index (χ2n) is 5.04. The number of carbonyl (C=O) groups excluding carboxylic acids is 2. The molecular weight excluding hydrogens is 284 g/mol. The van der Waals surface area contributed by atoms with Crippen LogP contribution in [0.3, 0.4) is 0 Å². The Kier molecular flexibility index (Phi) is 12.1. The van der Waals surface area contributed by atoms with Crippen molar-refractivity contribution < 1.29 is 24.2 Å². The highest BCUT2D eigenvalue weighted by molar-refractivity contribution is 5.74. The second kappa shape index (κ2) is 13.1. The zero-order chi connectivity index (χ0) is 16.8. The van der Waals surface area contributed by atoms with Gasteiger partial charge in [-0.25, -0.2) is 0 Å². The minimum Gasteiger partial charge on any atom is -0.466 e. The summed E-state index contributed by atoms with van der Waals surface area (Å²) in [6.45, 7) is 5.46. The Balaban J connectivity index is 4.41. The number of allylic oxidation sites excluding steroid dienone is 3. The van der Waals surface area contributed by atoms with E-state index in [0.29, 0.717) is 18.8 Å². The number of aliphatic hydroxyl groups is 1. The number of esters is 2. The molecule has 0 aliphatic carbocycles. The molecule has 0 aliphatic rings. The molecule has 0 aliphatic heterocycles. The Morgan fingerprint density at radius 3 is 2.45 bits per heavy atom. The molecule has 0 aromatic heterocycles. The van der Waals surface area contributed by atoms with Gasteiger partial charge in [-0.2, -0.15) is 0 Å². The van der Waals surface area contributed by atoms with Crippen LogP contribution < -0.4 is 0 Å². The lowest BCUT2D eigenvalue weighted by Gasteiger charge is -2.07. The third-order valence-corrected chi connectivity index (χ3v) is 2.95. The van der Waals surface area contributed by atoms with E-state index >= 15 is 0 Å². The Morgan fingerprint density at radius 2 is 1.86 bits per heavy atom. The fourth-order valence-corrected chi connectivity index (χ4v) is 1.80. The molecule has 0 amide bonds. The van der Waals surface area contributed by atoms with E-state index in [0.717, 1.165) is 25.7 Å². The van der Waals surface area contributed by atoms with Crippen LogP contribution in [0.1, 0.15) is 52.9 Å². The summed E-state index contributed by atoms with van der Waals surface area (Å²) in [5.41, 5.74) is 0. The van der Waals surface area contributed by atoms with E-state index in [4.69, 9.17) is 14.6 Å². The average molecular weight is 312 g/mol. The SMILES string of the molecule is CCOC(=O)C(C)/C=C\C=C(/CCCCCCO)OC(C)=O. The van der Waals surface area contributed by atoms with Crippen LogP contribution in [0.25, 0.3) is 0 Å². The zero-order valence-corrected chi connectivity index (χ0v) is 13.8. The zero-order valence-electron chi connectivity index (χ0n) is 13.8. The van der Waals surface area contributed by atoms with E-state index in [1.807, 2.05) is 0 Å². The van der Waals surface area contributed by atoms with Crippen molar-refractivity contribution in [1.29, 1.82) is 0 Å². The topological polar surface area (TPSA) is 72.8 Å². The highest BCUT2D eigenvalue weighted by atomic mass is 16.5. The van der Waals surface area contributed by atoms with E-state index in [-0.39, 0.29) is 24.5 Å². The van der Waals surface area contributed by atoms with Crippen LogP contribution in [0.2, 0.25) is 0 Å². The quantitative estimate of drug-likeness (QED) is 0.275. The lowest BCUT2D eigenvalue weighted by atomic mass is 10.1. The first-order valence-electron chi connectivity index (χ1n) is 7.84. The van der Waals surface area contributed by atoms with Crippen molar-refractivity contribution in [1.82, 2.24) is 0 Å². The van der Waals surface area contributed by atoms with Gasteiger partial charge in [0.15, 0.2) is 0 Å². The third-order valence-electron chi connectivity index (χ3n) is 2.95. The molecule has 0 saturated carbocycles. The molecular formula is C17H28O5. The van der Waals surface area contributed by atoms with Crippen molar-refractivity contribution in [3.8, 4) is 0 Å². The average Bonchev–Trinajstić information content (AvgIpc) is 2.46. The summed E-state index contributed by atoms with van der Waals surface area (Å²) in [7, 11) is 0. The van der Waals surface area contributed by atoms with Crippen LogP contribution in [0.5, 0.6) is 0 Å². The number of carbonyl (C=O) groups is 2. The van der Waals surface area contributed by atoms with Gasteiger partial charge >= 0.3 is 11.9 Å². The highest BCUT2D eigenvalue weighted by Gasteiger charge is 2.09. The molecule has 5 nitrogen and oxygen atoms in total. The molecule has 0 aromatic carbocycles. The van der Waals surface area contributed by atoms with Crippen molar-refractivity contribution >= 4 is 11.9 Å². The fourth-order valence-electron chi connectivity index (χ4n) is 1.80. The summed E-state index contributed by atoms with van der Waals surface area (Å²) in [6.07, 6.45) is 9.42. The Labute approximate surface area is 133 Å². The van der Waals surface area contributed by atoms with Crippen molar-refractivity contribution in [3.05, 3.63) is 24.0 Å². The normalized spacial score (nSPS) is 13.2. The first-order chi connectivity index (χ1) is 10.5. The maximum absolute atomic E-state index is 11.5. The van der Waals surface area contributed by atoms with Gasteiger partial charge in [0.2, 0.25) is 0 Å². The number of hydrogen-bond donors (Lipinski definition) is 1. The molecule has 5 heteroatoms. The van der Waals surface area contributed by atoms with Gasteiger partial charge in [0.25, 0.3) is 0 Å². The van der Waals surface area contributed by atoms with Crippen LogP contribution in [0.15, 0.2) is 24.0 Å². The van der Waals surface area contributed by atoms with Gasteiger partial charge in [0.1, 0.15) is 5.76 Å². The summed E-state index contributed by atoms with van der Waals surface area (Å²) in [5, 5.41) is 8.72. The van der Waals surface area contributed by atoms with Crippen molar-refractivity contribution in [2.75, 3.05) is 13.2 Å². The Morgan fingerprint density at radius 1 is 1.18 bits per heavy atom. The summed E-state index contributed by atoms with van der Waals surface area (Å²) in [5.74, 6) is -0.373. The van der Waals surface area contributed by atoms with Crippen molar-refractivity contribution in [2.45, 2.75) is 52.9 Å². The molecule has 22 heavy (non-hydrogen) atoms. The van der Waals surface area contributed by atoms with E-state index in [2.05, 4.69) is 0 Å². The van der Waals surface area contributed by atoms with Crippen LogP contribution in [0.4, 0.5) is 0 Å². The van der Waals surface area contributed by atoms with Gasteiger partial charge in [0.05, 0.1) is 12.5 Å². The van der Waals surface area contributed by atoms with Gasteiger partial charge in [-0.3, -0.25) is 9.59 Å². The summed E-state index contributed by atoms with van der Waals surface area (Å²) < 4.78 is 10.1. The number of unbranched alkanes of at least 4 members (excludes halogenated alkanes) is 3. The van der Waals surface area contributed by atoms with Gasteiger partial charge in [-0.1, -0.05) is 25.0 Å². The minimum atomic E-state index is -0.353. The molecule has 0 aromatic rings. The van der Waals surface area contributed by atoms with Gasteiger partial charge in [-0.15, -0.1) is 0 Å². The van der Waals surface area contributed by atoms with Crippen LogP contribution >= 0.6 is 0 Å². The summed E-state index contributed by atoms with van der Waals surface area (Å²) in [4.78, 5) is 22.6. The second-order valence-corrected chi connectivity index (χ2v) is 5.04. The molecule has 1 unspecified atom stereocenters. The number of aliphatic hydroxyl groups excluding tert-OH is 1. The molecule has 1 N–H and O–H groups in total. The number of ether oxygens (including phenoxy) is 2. The predicted molar refractivity (Wildman–Crippen MR) is 85.0 cm³/mol. The molecule has 0 fully saturated rings. The molecule has 126 valence electrons. The molecule has 0 heterocycles.